The van der Waals surface area contributed by atoms with Crippen molar-refractivity contribution < 1.29 is 4.79 Å². The molecule has 2 aliphatic rings. The van der Waals surface area contributed by atoms with E-state index < -0.39 is 0 Å². The molecule has 2 amide bonds. The first-order valence-corrected chi connectivity index (χ1v) is 5.97. The molecule has 0 radical (unpaired) electrons. The Bertz CT molecular complexity index is 242. The third-order valence-corrected chi connectivity index (χ3v) is 3.61. The topological polar surface area (TPSA) is 49.6 Å². The molecule has 0 bridgehead atoms. The van der Waals surface area contributed by atoms with E-state index in [1.807, 2.05) is 9.80 Å². The molecule has 2 aliphatic heterocycles. The van der Waals surface area contributed by atoms with Crippen molar-refractivity contribution in [3.8, 4) is 0 Å². The lowest BCUT2D eigenvalue weighted by molar-refractivity contribution is 0.0658. The molecule has 86 valence electrons. The maximum Gasteiger partial charge on any atom is 0.320 e. The average molecular weight is 211 g/mol. The van der Waals surface area contributed by atoms with Gasteiger partial charge in [0.15, 0.2) is 0 Å². The summed E-state index contributed by atoms with van der Waals surface area (Å²) in [5.74, 6) is 0. The Kier molecular flexibility index (Phi) is 2.87. The van der Waals surface area contributed by atoms with Crippen LogP contribution >= 0.6 is 0 Å². The highest BCUT2D eigenvalue weighted by molar-refractivity contribution is 5.76. The molecule has 2 rings (SSSR count). The third-order valence-electron chi connectivity index (χ3n) is 3.61. The zero-order valence-corrected chi connectivity index (χ0v) is 9.54. The first-order valence-electron chi connectivity index (χ1n) is 5.97. The van der Waals surface area contributed by atoms with Crippen LogP contribution < -0.4 is 5.73 Å². The van der Waals surface area contributed by atoms with Gasteiger partial charge in [-0.05, 0) is 25.7 Å². The van der Waals surface area contributed by atoms with Crippen LogP contribution in [-0.2, 0) is 0 Å². The van der Waals surface area contributed by atoms with Gasteiger partial charge in [0.1, 0.15) is 0 Å². The zero-order chi connectivity index (χ0) is 10.9. The molecule has 0 aliphatic carbocycles. The van der Waals surface area contributed by atoms with Gasteiger partial charge in [-0.15, -0.1) is 0 Å². The van der Waals surface area contributed by atoms with Crippen LogP contribution in [0.2, 0.25) is 0 Å². The van der Waals surface area contributed by atoms with E-state index in [4.69, 9.17) is 5.73 Å². The van der Waals surface area contributed by atoms with E-state index in [1.54, 1.807) is 0 Å². The summed E-state index contributed by atoms with van der Waals surface area (Å²) in [6.07, 6.45) is 4.53. The highest BCUT2D eigenvalue weighted by atomic mass is 16.2. The number of hydrogen-bond acceptors (Lipinski definition) is 2. The SMILES string of the molecule is CCC1(N)CN(C(=O)N2CCCCC2)C1. The van der Waals surface area contributed by atoms with E-state index in [-0.39, 0.29) is 11.6 Å². The van der Waals surface area contributed by atoms with E-state index in [2.05, 4.69) is 6.92 Å². The van der Waals surface area contributed by atoms with E-state index >= 15 is 0 Å². The number of urea groups is 1. The number of hydrogen-bond donors (Lipinski definition) is 1. The number of carbonyl (C=O) groups is 1. The number of likely N-dealkylation sites (tertiary alicyclic amines) is 2. The second-order valence-corrected chi connectivity index (χ2v) is 4.90. The van der Waals surface area contributed by atoms with Crippen LogP contribution in [-0.4, -0.2) is 47.5 Å². The number of nitrogens with two attached hydrogens (primary N) is 1. The van der Waals surface area contributed by atoms with Gasteiger partial charge in [-0.25, -0.2) is 4.79 Å². The Hall–Kier alpha value is -0.770. The molecular weight excluding hydrogens is 190 g/mol. The molecule has 0 unspecified atom stereocenters. The molecule has 4 nitrogen and oxygen atoms in total. The maximum atomic E-state index is 12.0. The molecule has 0 saturated carbocycles. The molecule has 2 heterocycles. The molecule has 15 heavy (non-hydrogen) atoms. The van der Waals surface area contributed by atoms with Gasteiger partial charge >= 0.3 is 6.03 Å². The molecular formula is C11H21N3O. The Morgan fingerprint density at radius 3 is 2.33 bits per heavy atom. The van der Waals surface area contributed by atoms with Gasteiger partial charge < -0.3 is 15.5 Å². The normalized spacial score (nSPS) is 24.9. The van der Waals surface area contributed by atoms with Crippen molar-refractivity contribution in [2.45, 2.75) is 38.1 Å². The molecule has 0 atom stereocenters. The Morgan fingerprint density at radius 1 is 1.20 bits per heavy atom. The van der Waals surface area contributed by atoms with E-state index in [0.717, 1.165) is 45.4 Å². The van der Waals surface area contributed by atoms with Crippen LogP contribution in [0.4, 0.5) is 4.79 Å². The molecule has 0 aromatic heterocycles. The predicted octanol–water partition coefficient (Wildman–Crippen LogP) is 1.02. The zero-order valence-electron chi connectivity index (χ0n) is 9.54. The Labute approximate surface area is 91.4 Å². The minimum atomic E-state index is -0.106. The van der Waals surface area contributed by atoms with Crippen molar-refractivity contribution in [2.75, 3.05) is 26.2 Å². The average Bonchev–Trinajstić information content (AvgIpc) is 2.25. The van der Waals surface area contributed by atoms with Crippen LogP contribution in [0.5, 0.6) is 0 Å². The van der Waals surface area contributed by atoms with Gasteiger partial charge in [-0.1, -0.05) is 6.92 Å². The summed E-state index contributed by atoms with van der Waals surface area (Å²) in [7, 11) is 0. The number of carbonyl (C=O) groups excluding carboxylic acids is 1. The summed E-state index contributed by atoms with van der Waals surface area (Å²) in [6, 6.07) is 0.198. The van der Waals surface area contributed by atoms with Gasteiger partial charge in [0.25, 0.3) is 0 Å². The van der Waals surface area contributed by atoms with Crippen LogP contribution in [0.3, 0.4) is 0 Å². The molecule has 0 aromatic carbocycles. The largest absolute Gasteiger partial charge is 0.325 e. The van der Waals surface area contributed by atoms with E-state index in [9.17, 15) is 4.79 Å². The minimum Gasteiger partial charge on any atom is -0.325 e. The Morgan fingerprint density at radius 2 is 1.80 bits per heavy atom. The number of rotatable bonds is 1. The van der Waals surface area contributed by atoms with Gasteiger partial charge in [0.2, 0.25) is 0 Å². The lowest BCUT2D eigenvalue weighted by atomic mass is 9.88. The number of nitrogens with zero attached hydrogens (tertiary/aromatic N) is 2. The molecule has 2 fully saturated rings. The van der Waals surface area contributed by atoms with Crippen molar-refractivity contribution >= 4 is 6.03 Å². The van der Waals surface area contributed by atoms with Gasteiger partial charge in [-0.3, -0.25) is 0 Å². The lowest BCUT2D eigenvalue weighted by Gasteiger charge is -2.49. The summed E-state index contributed by atoms with van der Waals surface area (Å²) in [5, 5.41) is 0. The number of piperidine rings is 1. The summed E-state index contributed by atoms with van der Waals surface area (Å²) >= 11 is 0. The second kappa shape index (κ2) is 4.00. The summed E-state index contributed by atoms with van der Waals surface area (Å²) in [6.45, 7) is 5.42. The monoisotopic (exact) mass is 211 g/mol. The van der Waals surface area contributed by atoms with Crippen molar-refractivity contribution in [1.82, 2.24) is 9.80 Å². The smallest absolute Gasteiger partial charge is 0.320 e. The fourth-order valence-electron chi connectivity index (χ4n) is 2.36. The van der Waals surface area contributed by atoms with Crippen LogP contribution in [0, 0.1) is 0 Å². The molecule has 2 saturated heterocycles. The third kappa shape index (κ3) is 2.09. The summed E-state index contributed by atoms with van der Waals surface area (Å²) < 4.78 is 0. The lowest BCUT2D eigenvalue weighted by Crippen LogP contribution is -2.70. The van der Waals surface area contributed by atoms with Crippen LogP contribution in [0.15, 0.2) is 0 Å². The van der Waals surface area contributed by atoms with Gasteiger partial charge in [-0.2, -0.15) is 0 Å². The highest BCUT2D eigenvalue weighted by Crippen LogP contribution is 2.23. The van der Waals surface area contributed by atoms with Crippen molar-refractivity contribution in [1.29, 1.82) is 0 Å². The van der Waals surface area contributed by atoms with Crippen molar-refractivity contribution in [3.63, 3.8) is 0 Å². The fraction of sp³-hybridized carbons (Fsp3) is 0.909. The van der Waals surface area contributed by atoms with E-state index in [1.165, 1.54) is 6.42 Å². The van der Waals surface area contributed by atoms with Crippen molar-refractivity contribution in [2.24, 2.45) is 5.73 Å². The van der Waals surface area contributed by atoms with Crippen molar-refractivity contribution in [3.05, 3.63) is 0 Å². The number of amides is 2. The summed E-state index contributed by atoms with van der Waals surface area (Å²) in [4.78, 5) is 15.8. The van der Waals surface area contributed by atoms with Crippen LogP contribution in [0.1, 0.15) is 32.6 Å². The first kappa shape index (κ1) is 10.7. The molecule has 4 heteroatoms. The quantitative estimate of drug-likeness (QED) is 0.704. The van der Waals surface area contributed by atoms with Gasteiger partial charge in [0, 0.05) is 26.2 Å². The fourth-order valence-corrected chi connectivity index (χ4v) is 2.36. The standard InChI is InChI=1S/C11H21N3O/c1-2-11(12)8-14(9-11)10(15)13-6-4-3-5-7-13/h2-9,12H2,1H3. The molecule has 0 aromatic rings. The van der Waals surface area contributed by atoms with E-state index in [0.29, 0.717) is 0 Å². The summed E-state index contributed by atoms with van der Waals surface area (Å²) in [5.41, 5.74) is 5.94. The molecule has 0 spiro atoms. The predicted molar refractivity (Wildman–Crippen MR) is 59.6 cm³/mol. The molecule has 2 N–H and O–H groups in total. The van der Waals surface area contributed by atoms with Crippen LogP contribution in [0.25, 0.3) is 0 Å². The first-order chi connectivity index (χ1) is 7.14. The minimum absolute atomic E-state index is 0.106. The van der Waals surface area contributed by atoms with Gasteiger partial charge in [0.05, 0.1) is 5.54 Å². The second-order valence-electron chi connectivity index (χ2n) is 4.90. The highest BCUT2D eigenvalue weighted by Gasteiger charge is 2.41. The maximum absolute atomic E-state index is 12.0. The Balaban J connectivity index is 1.83.